The Bertz CT molecular complexity index is 474. The predicted octanol–water partition coefficient (Wildman–Crippen LogP) is 0.208. The van der Waals surface area contributed by atoms with E-state index in [0.717, 1.165) is 23.9 Å². The van der Waals surface area contributed by atoms with E-state index in [1.807, 2.05) is 39.2 Å². The molecule has 1 aromatic heterocycles. The summed E-state index contributed by atoms with van der Waals surface area (Å²) in [6.07, 6.45) is 0.541. The number of aromatic nitrogens is 2. The molecule has 6 nitrogen and oxygen atoms in total. The summed E-state index contributed by atoms with van der Waals surface area (Å²) in [5, 5.41) is 3.06. The molecule has 0 saturated carbocycles. The fourth-order valence-corrected chi connectivity index (χ4v) is 2.24. The van der Waals surface area contributed by atoms with Gasteiger partial charge in [0, 0.05) is 46.1 Å². The van der Waals surface area contributed by atoms with Crippen LogP contribution in [0.25, 0.3) is 0 Å². The van der Waals surface area contributed by atoms with Crippen molar-refractivity contribution in [2.45, 2.75) is 18.9 Å². The third kappa shape index (κ3) is 3.01. The minimum absolute atomic E-state index is 0.176. The number of nitrogens with one attached hydrogen (secondary N) is 1. The SMILES string of the molecule is CNCc1nc(C2CC(=O)N(C)C2)cc(N(C)C)n1. The maximum Gasteiger partial charge on any atom is 0.223 e. The average molecular weight is 263 g/mol. The molecule has 1 saturated heterocycles. The highest BCUT2D eigenvalue weighted by molar-refractivity contribution is 5.79. The molecular weight excluding hydrogens is 242 g/mol. The minimum Gasteiger partial charge on any atom is -0.363 e. The Morgan fingerprint density at radius 3 is 2.74 bits per heavy atom. The number of carbonyl (C=O) groups is 1. The number of hydrogen-bond acceptors (Lipinski definition) is 5. The van der Waals surface area contributed by atoms with Gasteiger partial charge >= 0.3 is 0 Å². The highest BCUT2D eigenvalue weighted by Crippen LogP contribution is 2.27. The summed E-state index contributed by atoms with van der Waals surface area (Å²) in [7, 11) is 7.63. The molecule has 1 atom stereocenters. The summed E-state index contributed by atoms with van der Waals surface area (Å²) in [4.78, 5) is 24.4. The number of nitrogens with zero attached hydrogens (tertiary/aromatic N) is 4. The van der Waals surface area contributed by atoms with Crippen molar-refractivity contribution >= 4 is 11.7 Å². The molecule has 1 N–H and O–H groups in total. The molecule has 0 aromatic carbocycles. The molecule has 1 fully saturated rings. The number of likely N-dealkylation sites (tertiary alicyclic amines) is 1. The molecule has 1 aliphatic rings. The molecule has 19 heavy (non-hydrogen) atoms. The van der Waals surface area contributed by atoms with Crippen molar-refractivity contribution in [1.82, 2.24) is 20.2 Å². The van der Waals surface area contributed by atoms with Crippen molar-refractivity contribution in [2.24, 2.45) is 0 Å². The van der Waals surface area contributed by atoms with Crippen molar-refractivity contribution in [1.29, 1.82) is 0 Å². The standard InChI is InChI=1S/C13H21N5O/c1-14-7-11-15-10(6-12(16-11)17(2)3)9-5-13(19)18(4)8-9/h6,9,14H,5,7-8H2,1-4H3. The van der Waals surface area contributed by atoms with Crippen molar-refractivity contribution in [3.05, 3.63) is 17.6 Å². The quantitative estimate of drug-likeness (QED) is 0.841. The van der Waals surface area contributed by atoms with Gasteiger partial charge in [-0.1, -0.05) is 0 Å². The van der Waals surface area contributed by atoms with Crippen LogP contribution in [-0.4, -0.2) is 55.5 Å². The molecule has 1 aliphatic heterocycles. The summed E-state index contributed by atoms with van der Waals surface area (Å²) in [6, 6.07) is 1.98. The molecule has 0 radical (unpaired) electrons. The normalized spacial score (nSPS) is 19.1. The van der Waals surface area contributed by atoms with Gasteiger partial charge in [-0.25, -0.2) is 9.97 Å². The van der Waals surface area contributed by atoms with Gasteiger partial charge in [-0.2, -0.15) is 0 Å². The van der Waals surface area contributed by atoms with Gasteiger partial charge < -0.3 is 15.1 Å². The van der Waals surface area contributed by atoms with Crippen LogP contribution < -0.4 is 10.2 Å². The Morgan fingerprint density at radius 1 is 1.47 bits per heavy atom. The second-order valence-corrected chi connectivity index (χ2v) is 5.17. The molecule has 1 aromatic rings. The van der Waals surface area contributed by atoms with E-state index in [2.05, 4.69) is 15.3 Å². The second-order valence-electron chi connectivity index (χ2n) is 5.17. The average Bonchev–Trinajstić information content (AvgIpc) is 2.70. The Kier molecular flexibility index (Phi) is 3.99. The first-order chi connectivity index (χ1) is 9.01. The lowest BCUT2D eigenvalue weighted by Crippen LogP contribution is -2.20. The number of carbonyl (C=O) groups excluding carboxylic acids is 1. The molecular formula is C13H21N5O. The Hall–Kier alpha value is -1.69. The van der Waals surface area contributed by atoms with E-state index >= 15 is 0 Å². The van der Waals surface area contributed by atoms with Crippen molar-refractivity contribution in [3.8, 4) is 0 Å². The van der Waals surface area contributed by atoms with E-state index < -0.39 is 0 Å². The van der Waals surface area contributed by atoms with Gasteiger partial charge in [0.25, 0.3) is 0 Å². The maximum atomic E-state index is 11.6. The first-order valence-corrected chi connectivity index (χ1v) is 6.45. The number of rotatable bonds is 4. The van der Waals surface area contributed by atoms with E-state index in [-0.39, 0.29) is 11.8 Å². The Balaban J connectivity index is 2.31. The summed E-state index contributed by atoms with van der Waals surface area (Å²) >= 11 is 0. The molecule has 2 rings (SSSR count). The van der Waals surface area contributed by atoms with E-state index in [4.69, 9.17) is 0 Å². The summed E-state index contributed by atoms with van der Waals surface area (Å²) < 4.78 is 0. The summed E-state index contributed by atoms with van der Waals surface area (Å²) in [5.41, 5.74) is 0.960. The lowest BCUT2D eigenvalue weighted by Gasteiger charge is -2.16. The van der Waals surface area contributed by atoms with Crippen molar-refractivity contribution in [3.63, 3.8) is 0 Å². The molecule has 2 heterocycles. The molecule has 1 amide bonds. The first-order valence-electron chi connectivity index (χ1n) is 6.45. The minimum atomic E-state index is 0.176. The van der Waals surface area contributed by atoms with E-state index in [9.17, 15) is 4.79 Å². The number of amides is 1. The van der Waals surface area contributed by atoms with Crippen LogP contribution in [0.5, 0.6) is 0 Å². The maximum absolute atomic E-state index is 11.6. The molecule has 0 spiro atoms. The van der Waals surface area contributed by atoms with Crippen LogP contribution in [0.4, 0.5) is 5.82 Å². The largest absolute Gasteiger partial charge is 0.363 e. The number of hydrogen-bond donors (Lipinski definition) is 1. The Morgan fingerprint density at radius 2 is 2.21 bits per heavy atom. The third-order valence-corrected chi connectivity index (χ3v) is 3.33. The van der Waals surface area contributed by atoms with Gasteiger partial charge in [0.2, 0.25) is 5.91 Å². The van der Waals surface area contributed by atoms with Crippen LogP contribution >= 0.6 is 0 Å². The zero-order valence-corrected chi connectivity index (χ0v) is 12.0. The Labute approximate surface area is 113 Å². The highest BCUT2D eigenvalue weighted by atomic mass is 16.2. The fraction of sp³-hybridized carbons (Fsp3) is 0.615. The van der Waals surface area contributed by atoms with Gasteiger partial charge in [0.15, 0.2) is 0 Å². The van der Waals surface area contributed by atoms with Crippen LogP contribution in [-0.2, 0) is 11.3 Å². The molecule has 6 heteroatoms. The van der Waals surface area contributed by atoms with Crippen LogP contribution in [0, 0.1) is 0 Å². The molecule has 104 valence electrons. The fourth-order valence-electron chi connectivity index (χ4n) is 2.24. The highest BCUT2D eigenvalue weighted by Gasteiger charge is 2.29. The van der Waals surface area contributed by atoms with Gasteiger partial charge in [-0.05, 0) is 7.05 Å². The third-order valence-electron chi connectivity index (χ3n) is 3.33. The monoisotopic (exact) mass is 263 g/mol. The van der Waals surface area contributed by atoms with Crippen LogP contribution in [0.1, 0.15) is 23.9 Å². The van der Waals surface area contributed by atoms with E-state index in [1.165, 1.54) is 0 Å². The van der Waals surface area contributed by atoms with Gasteiger partial charge in [0.05, 0.1) is 12.2 Å². The zero-order chi connectivity index (χ0) is 14.0. The van der Waals surface area contributed by atoms with Crippen molar-refractivity contribution in [2.75, 3.05) is 39.6 Å². The lowest BCUT2D eigenvalue weighted by molar-refractivity contribution is -0.126. The smallest absolute Gasteiger partial charge is 0.223 e. The topological polar surface area (TPSA) is 61.4 Å². The van der Waals surface area contributed by atoms with Gasteiger partial charge in [0.1, 0.15) is 11.6 Å². The number of anilines is 1. The molecule has 0 aliphatic carbocycles. The zero-order valence-electron chi connectivity index (χ0n) is 12.0. The molecule has 0 bridgehead atoms. The van der Waals surface area contributed by atoms with Gasteiger partial charge in [-0.3, -0.25) is 4.79 Å². The summed E-state index contributed by atoms with van der Waals surface area (Å²) in [5.74, 6) is 2.02. The van der Waals surface area contributed by atoms with E-state index in [1.54, 1.807) is 4.90 Å². The predicted molar refractivity (Wildman–Crippen MR) is 74.1 cm³/mol. The van der Waals surface area contributed by atoms with Crippen LogP contribution in [0.15, 0.2) is 6.07 Å². The van der Waals surface area contributed by atoms with Crippen LogP contribution in [0.3, 0.4) is 0 Å². The van der Waals surface area contributed by atoms with Crippen LogP contribution in [0.2, 0.25) is 0 Å². The number of likely N-dealkylation sites (N-methyl/N-ethyl adjacent to an activating group) is 1. The van der Waals surface area contributed by atoms with E-state index in [0.29, 0.717) is 13.0 Å². The second kappa shape index (κ2) is 5.52. The first kappa shape index (κ1) is 13.7. The van der Waals surface area contributed by atoms with Crippen molar-refractivity contribution < 1.29 is 4.79 Å². The molecule has 1 unspecified atom stereocenters. The summed E-state index contributed by atoms with van der Waals surface area (Å²) in [6.45, 7) is 1.37. The lowest BCUT2D eigenvalue weighted by atomic mass is 10.0. The van der Waals surface area contributed by atoms with Gasteiger partial charge in [-0.15, -0.1) is 0 Å².